The third kappa shape index (κ3) is 28.3. The Bertz CT molecular complexity index is 2800. The normalized spacial score (nSPS) is 9.83. The molecule has 3 amide bonds. The zero-order chi connectivity index (χ0) is 59.2. The molecule has 0 atom stereocenters. The zero-order valence-electron chi connectivity index (χ0n) is 49.5. The van der Waals surface area contributed by atoms with E-state index in [0.29, 0.717) is 18.0 Å². The Kier molecular flexibility index (Phi) is 33.9. The van der Waals surface area contributed by atoms with E-state index < -0.39 is 0 Å². The van der Waals surface area contributed by atoms with E-state index in [9.17, 15) is 14.4 Å². The molecule has 8 aromatic rings. The van der Waals surface area contributed by atoms with Crippen molar-refractivity contribution in [1.29, 1.82) is 0 Å². The van der Waals surface area contributed by atoms with Crippen molar-refractivity contribution in [2.75, 3.05) is 115 Å². The third-order valence-electron chi connectivity index (χ3n) is 11.7. The monoisotopic (exact) mass is 1160 g/mol. The maximum Gasteiger partial charge on any atom is 0.244 e. The number of rotatable bonds is 17. The van der Waals surface area contributed by atoms with E-state index in [2.05, 4.69) is 127 Å². The van der Waals surface area contributed by atoms with Gasteiger partial charge in [0.25, 0.3) is 0 Å². The average Bonchev–Trinajstić information content (AvgIpc) is 3.49. The van der Waals surface area contributed by atoms with Gasteiger partial charge in [-0.15, -0.1) is 23.5 Å². The molecule has 13 heteroatoms. The van der Waals surface area contributed by atoms with Gasteiger partial charge in [-0.05, 0) is 126 Å². The summed E-state index contributed by atoms with van der Waals surface area (Å²) in [5.74, 6) is 0.995. The van der Waals surface area contributed by atoms with Crippen LogP contribution >= 0.6 is 47.0 Å². The lowest BCUT2D eigenvalue weighted by Crippen LogP contribution is -2.39. The second-order valence-electron chi connectivity index (χ2n) is 18.8. The molecule has 2 N–H and O–H groups in total. The van der Waals surface area contributed by atoms with Crippen molar-refractivity contribution >= 4 is 98.9 Å². The van der Waals surface area contributed by atoms with Crippen LogP contribution in [0.1, 0.15) is 22.3 Å². The van der Waals surface area contributed by atoms with Crippen LogP contribution in [0.2, 0.25) is 0 Å². The Balaban J connectivity index is 0.000000288. The van der Waals surface area contributed by atoms with E-state index in [1.807, 2.05) is 197 Å². The van der Waals surface area contributed by atoms with Crippen LogP contribution in [0.4, 0.5) is 34.1 Å². The first kappa shape index (κ1) is 68.2. The molecule has 0 bridgehead atoms. The lowest BCUT2D eigenvalue weighted by molar-refractivity contribution is -0.120. The van der Waals surface area contributed by atoms with Crippen molar-refractivity contribution < 1.29 is 14.4 Å². The maximum atomic E-state index is 12.6. The second-order valence-corrected chi connectivity index (χ2v) is 22.3. The van der Waals surface area contributed by atoms with Gasteiger partial charge in [-0.25, -0.2) is 0 Å². The highest BCUT2D eigenvalue weighted by Gasteiger charge is 2.20. The van der Waals surface area contributed by atoms with Crippen LogP contribution in [-0.2, 0) is 14.4 Å². The van der Waals surface area contributed by atoms with Crippen molar-refractivity contribution in [1.82, 2.24) is 0 Å². The molecule has 428 valence electrons. The van der Waals surface area contributed by atoms with Crippen LogP contribution in [0.25, 0.3) is 0 Å². The lowest BCUT2D eigenvalue weighted by atomic mass is 10.2. The van der Waals surface area contributed by atoms with Crippen LogP contribution in [-0.4, -0.2) is 102 Å². The number of benzene rings is 8. The molecule has 0 fully saturated rings. The van der Waals surface area contributed by atoms with Gasteiger partial charge in [-0.1, -0.05) is 168 Å². The minimum atomic E-state index is -0.220. The maximum absolute atomic E-state index is 12.6. The van der Waals surface area contributed by atoms with Gasteiger partial charge in [0.2, 0.25) is 17.7 Å². The number of hydrogen-bond donors (Lipinski definition) is 2. The van der Waals surface area contributed by atoms with Crippen LogP contribution in [0, 0.1) is 27.7 Å². The fourth-order valence-electron chi connectivity index (χ4n) is 7.25. The molecule has 9 nitrogen and oxygen atoms in total. The van der Waals surface area contributed by atoms with Crippen LogP contribution in [0.3, 0.4) is 0 Å². The van der Waals surface area contributed by atoms with Gasteiger partial charge in [-0.3, -0.25) is 14.4 Å². The minimum Gasteiger partial charge on any atom is -0.378 e. The first-order chi connectivity index (χ1) is 39.1. The topological polar surface area (TPSA) is 88.2 Å². The van der Waals surface area contributed by atoms with Crippen molar-refractivity contribution in [2.45, 2.75) is 37.5 Å². The fourth-order valence-corrected chi connectivity index (χ4v) is 9.16. The zero-order valence-corrected chi connectivity index (χ0v) is 52.7. The number of aryl methyl sites for hydroxylation is 4. The number of nitrogens with one attached hydrogen (secondary N) is 2. The lowest BCUT2D eigenvalue weighted by Gasteiger charge is -2.25. The first-order valence-electron chi connectivity index (χ1n) is 26.6. The van der Waals surface area contributed by atoms with Crippen LogP contribution in [0.5, 0.6) is 0 Å². The molecule has 0 heterocycles. The Morgan fingerprint density at radius 2 is 0.704 bits per heavy atom. The molecule has 0 radical (unpaired) electrons. The molecule has 8 rings (SSSR count). The summed E-state index contributed by atoms with van der Waals surface area (Å²) < 4.78 is 0. The molecule has 0 saturated heterocycles. The number of carbonyl (C=O) groups is 3. The van der Waals surface area contributed by atoms with E-state index in [1.165, 1.54) is 38.9 Å². The van der Waals surface area contributed by atoms with E-state index in [0.717, 1.165) is 50.5 Å². The number of anilines is 6. The van der Waals surface area contributed by atoms with Gasteiger partial charge in [0.15, 0.2) is 0 Å². The van der Waals surface area contributed by atoms with Crippen LogP contribution < -0.4 is 30.2 Å². The highest BCUT2D eigenvalue weighted by Crippen LogP contribution is 2.27. The van der Waals surface area contributed by atoms with Crippen molar-refractivity contribution in [3.05, 3.63) is 241 Å². The van der Waals surface area contributed by atoms with E-state index in [4.69, 9.17) is 0 Å². The molecule has 0 aliphatic carbocycles. The van der Waals surface area contributed by atoms with Gasteiger partial charge in [0.05, 0.1) is 23.7 Å². The predicted molar refractivity (Wildman–Crippen MR) is 361 cm³/mol. The summed E-state index contributed by atoms with van der Waals surface area (Å²) in [5.41, 5.74) is 10.9. The number of hydrogen-bond acceptors (Lipinski definition) is 10. The van der Waals surface area contributed by atoms with Crippen molar-refractivity contribution in [3.8, 4) is 0 Å². The Labute approximate surface area is 502 Å². The molecule has 0 aromatic heterocycles. The molecule has 0 spiro atoms. The standard InChI is InChI=1S/C20H25N3O2S2.C20H27N3OS2.4C7H8/c1-22(2)15-9-11-16(12-10-15)23(20(25)14-26-3)13-19(24)21-17-7-5-6-8-18(17)27-4;1-22(2)16-9-11-17(12-10-16)23(13-14-25-3)15-20(24)21-18-7-5-6-8-19(18)26-4;4*1-7-5-3-2-4-6-7/h5-12H,13-14H2,1-4H3,(H,21,24);5-12H,13-15H2,1-4H3,(H,21,24);4*2-6H,1H3. The Morgan fingerprint density at radius 1 is 0.383 bits per heavy atom. The number of thioether (sulfide) groups is 4. The molecule has 0 unspecified atom stereocenters. The SMILES string of the molecule is CSCC(=O)N(CC(=O)Nc1ccccc1SC)c1ccc(N(C)C)cc1.CSCCN(CC(=O)Nc1ccccc1SC)c1ccc(N(C)C)cc1.Cc1ccccc1.Cc1ccccc1.Cc1ccccc1.Cc1ccccc1. The van der Waals surface area contributed by atoms with Crippen molar-refractivity contribution in [2.24, 2.45) is 0 Å². The molecular weight excluding hydrogens is 1080 g/mol. The quantitative estimate of drug-likeness (QED) is 0.0860. The van der Waals surface area contributed by atoms with Gasteiger partial charge in [-0.2, -0.15) is 23.5 Å². The summed E-state index contributed by atoms with van der Waals surface area (Å²) in [7, 11) is 7.97. The smallest absolute Gasteiger partial charge is 0.244 e. The molecule has 0 aliphatic rings. The van der Waals surface area contributed by atoms with Gasteiger partial charge >= 0.3 is 0 Å². The molecular formula is C68H84N6O3S4. The second kappa shape index (κ2) is 40.2. The van der Waals surface area contributed by atoms with Gasteiger partial charge in [0, 0.05) is 73.0 Å². The molecule has 0 aliphatic heterocycles. The Morgan fingerprint density at radius 3 is 1.01 bits per heavy atom. The highest BCUT2D eigenvalue weighted by atomic mass is 32.2. The predicted octanol–water partition coefficient (Wildman–Crippen LogP) is 16.1. The Hall–Kier alpha value is -7.03. The fraction of sp³-hybridized carbons (Fsp3) is 0.250. The van der Waals surface area contributed by atoms with Gasteiger partial charge in [0.1, 0.15) is 6.54 Å². The summed E-state index contributed by atoms with van der Waals surface area (Å²) in [6, 6.07) is 72.5. The van der Waals surface area contributed by atoms with E-state index in [-0.39, 0.29) is 24.3 Å². The highest BCUT2D eigenvalue weighted by molar-refractivity contribution is 7.99. The van der Waals surface area contributed by atoms with E-state index >= 15 is 0 Å². The third-order valence-corrected chi connectivity index (χ3v) is 14.4. The number of amides is 3. The minimum absolute atomic E-state index is 0.00397. The molecule has 81 heavy (non-hydrogen) atoms. The first-order valence-corrected chi connectivity index (χ1v) is 31.8. The molecule has 8 aromatic carbocycles. The largest absolute Gasteiger partial charge is 0.378 e. The molecule has 0 saturated carbocycles. The van der Waals surface area contributed by atoms with Gasteiger partial charge < -0.3 is 30.2 Å². The average molecular weight is 1160 g/mol. The summed E-state index contributed by atoms with van der Waals surface area (Å²) in [6.45, 7) is 9.48. The number of nitrogens with zero attached hydrogens (tertiary/aromatic N) is 4. The summed E-state index contributed by atoms with van der Waals surface area (Å²) in [4.78, 5) is 47.6. The number of carbonyl (C=O) groups excluding carboxylic acids is 3. The van der Waals surface area contributed by atoms with Crippen molar-refractivity contribution in [3.63, 3.8) is 0 Å². The van der Waals surface area contributed by atoms with E-state index in [1.54, 1.807) is 35.3 Å². The summed E-state index contributed by atoms with van der Waals surface area (Å²) >= 11 is 6.43. The summed E-state index contributed by atoms with van der Waals surface area (Å²) in [5, 5.41) is 5.97. The summed E-state index contributed by atoms with van der Waals surface area (Å²) in [6.07, 6.45) is 7.94. The van der Waals surface area contributed by atoms with Crippen LogP contribution in [0.15, 0.2) is 228 Å². The number of para-hydroxylation sites is 2.